The van der Waals surface area contributed by atoms with Crippen molar-refractivity contribution in [2.45, 2.75) is 31.7 Å². The summed E-state index contributed by atoms with van der Waals surface area (Å²) in [5.41, 5.74) is 6.09. The SMILES string of the molecule is COc1ccc(C2(c3cccc(C)c3)CCN(Cc3ccc(C#N)cc3)CC2)cc1. The summed E-state index contributed by atoms with van der Waals surface area (Å²) >= 11 is 0. The summed E-state index contributed by atoms with van der Waals surface area (Å²) in [6.45, 7) is 5.18. The molecule has 1 heterocycles. The molecule has 0 atom stereocenters. The monoisotopic (exact) mass is 396 g/mol. The number of nitrogens with zero attached hydrogens (tertiary/aromatic N) is 2. The van der Waals surface area contributed by atoms with E-state index in [4.69, 9.17) is 10.00 Å². The largest absolute Gasteiger partial charge is 0.497 e. The highest BCUT2D eigenvalue weighted by atomic mass is 16.5. The van der Waals surface area contributed by atoms with Gasteiger partial charge in [-0.05, 0) is 73.8 Å². The maximum Gasteiger partial charge on any atom is 0.118 e. The van der Waals surface area contributed by atoms with Gasteiger partial charge in [-0.1, -0.05) is 54.1 Å². The average molecular weight is 397 g/mol. The lowest BCUT2D eigenvalue weighted by Gasteiger charge is -2.43. The van der Waals surface area contributed by atoms with E-state index in [0.717, 1.165) is 43.8 Å². The van der Waals surface area contributed by atoms with Crippen LogP contribution in [0.25, 0.3) is 0 Å². The minimum Gasteiger partial charge on any atom is -0.497 e. The topological polar surface area (TPSA) is 36.3 Å². The first-order chi connectivity index (χ1) is 14.6. The summed E-state index contributed by atoms with van der Waals surface area (Å²) in [5, 5.41) is 9.01. The van der Waals surface area contributed by atoms with Crippen LogP contribution in [0.2, 0.25) is 0 Å². The molecule has 0 N–H and O–H groups in total. The molecule has 3 aromatic rings. The average Bonchev–Trinajstić information content (AvgIpc) is 2.80. The van der Waals surface area contributed by atoms with Crippen molar-refractivity contribution in [2.24, 2.45) is 0 Å². The van der Waals surface area contributed by atoms with Gasteiger partial charge in [0, 0.05) is 12.0 Å². The first-order valence-corrected chi connectivity index (χ1v) is 10.6. The molecule has 0 amide bonds. The van der Waals surface area contributed by atoms with E-state index < -0.39 is 0 Å². The van der Waals surface area contributed by atoms with Crippen LogP contribution in [0.1, 0.15) is 40.7 Å². The lowest BCUT2D eigenvalue weighted by molar-refractivity contribution is 0.172. The fourth-order valence-corrected chi connectivity index (χ4v) is 4.63. The smallest absolute Gasteiger partial charge is 0.118 e. The molecular weight excluding hydrogens is 368 g/mol. The predicted molar refractivity (Wildman–Crippen MR) is 121 cm³/mol. The molecule has 0 unspecified atom stereocenters. The standard InChI is InChI=1S/C27H28N2O/c1-21-4-3-5-25(18-21)27(24-10-12-26(30-2)13-11-24)14-16-29(17-15-27)20-23-8-6-22(19-28)7-9-23/h3-13,18H,14-17,20H2,1-2H3. The van der Waals surface area contributed by atoms with Gasteiger partial charge in [-0.3, -0.25) is 4.90 Å². The summed E-state index contributed by atoms with van der Waals surface area (Å²) in [7, 11) is 1.72. The second-order valence-corrected chi connectivity index (χ2v) is 8.26. The number of benzene rings is 3. The normalized spacial score (nSPS) is 16.0. The quantitative estimate of drug-likeness (QED) is 0.575. The number of hydrogen-bond donors (Lipinski definition) is 0. The molecule has 4 rings (SSSR count). The maximum atomic E-state index is 9.01. The van der Waals surface area contributed by atoms with Crippen molar-refractivity contribution < 1.29 is 4.74 Å². The van der Waals surface area contributed by atoms with E-state index in [0.29, 0.717) is 0 Å². The van der Waals surface area contributed by atoms with Crippen LogP contribution in [0, 0.1) is 18.3 Å². The molecule has 30 heavy (non-hydrogen) atoms. The highest BCUT2D eigenvalue weighted by Gasteiger charge is 2.37. The van der Waals surface area contributed by atoms with E-state index in [9.17, 15) is 0 Å². The van der Waals surface area contributed by atoms with Gasteiger partial charge in [-0.2, -0.15) is 5.26 Å². The fraction of sp³-hybridized carbons (Fsp3) is 0.296. The van der Waals surface area contributed by atoms with Crippen LogP contribution in [-0.2, 0) is 12.0 Å². The highest BCUT2D eigenvalue weighted by molar-refractivity contribution is 5.43. The molecular formula is C27H28N2O. The molecule has 3 nitrogen and oxygen atoms in total. The van der Waals surface area contributed by atoms with Crippen LogP contribution in [0.5, 0.6) is 5.75 Å². The third kappa shape index (κ3) is 4.10. The Morgan fingerprint density at radius 2 is 1.63 bits per heavy atom. The number of methoxy groups -OCH3 is 1. The van der Waals surface area contributed by atoms with Gasteiger partial charge in [-0.25, -0.2) is 0 Å². The number of likely N-dealkylation sites (tertiary alicyclic amines) is 1. The van der Waals surface area contributed by atoms with Crippen LogP contribution in [-0.4, -0.2) is 25.1 Å². The molecule has 0 saturated carbocycles. The Hall–Kier alpha value is -3.09. The second-order valence-electron chi connectivity index (χ2n) is 8.26. The van der Waals surface area contributed by atoms with Crippen molar-refractivity contribution in [1.29, 1.82) is 5.26 Å². The van der Waals surface area contributed by atoms with Gasteiger partial charge < -0.3 is 4.74 Å². The minimum atomic E-state index is 0.0272. The predicted octanol–water partition coefficient (Wildman–Crippen LogP) is 5.46. The van der Waals surface area contributed by atoms with Gasteiger partial charge >= 0.3 is 0 Å². The van der Waals surface area contributed by atoms with Crippen LogP contribution in [0.15, 0.2) is 72.8 Å². The first-order valence-electron chi connectivity index (χ1n) is 10.6. The van der Waals surface area contributed by atoms with Gasteiger partial charge in [0.1, 0.15) is 5.75 Å². The Labute approximate surface area is 179 Å². The second kappa shape index (κ2) is 8.73. The summed E-state index contributed by atoms with van der Waals surface area (Å²) < 4.78 is 5.39. The Kier molecular flexibility index (Phi) is 5.88. The zero-order chi connectivity index (χ0) is 21.0. The number of hydrogen-bond acceptors (Lipinski definition) is 3. The lowest BCUT2D eigenvalue weighted by atomic mass is 9.68. The maximum absolute atomic E-state index is 9.01. The zero-order valence-electron chi connectivity index (χ0n) is 17.8. The molecule has 1 fully saturated rings. The number of piperidine rings is 1. The molecule has 1 aliphatic rings. The van der Waals surface area contributed by atoms with Gasteiger partial charge in [0.15, 0.2) is 0 Å². The summed E-state index contributed by atoms with van der Waals surface area (Å²) in [6.07, 6.45) is 2.16. The third-order valence-corrected chi connectivity index (χ3v) is 6.41. The molecule has 3 aromatic carbocycles. The molecule has 1 saturated heterocycles. The molecule has 0 aliphatic carbocycles. The molecule has 152 valence electrons. The molecule has 0 aromatic heterocycles. The van der Waals surface area contributed by atoms with Crippen molar-refractivity contribution in [3.63, 3.8) is 0 Å². The third-order valence-electron chi connectivity index (χ3n) is 6.41. The molecule has 3 heteroatoms. The molecule has 0 spiro atoms. The van der Waals surface area contributed by atoms with Crippen LogP contribution < -0.4 is 4.74 Å². The van der Waals surface area contributed by atoms with E-state index in [1.807, 2.05) is 12.1 Å². The van der Waals surface area contributed by atoms with E-state index in [1.165, 1.54) is 22.3 Å². The number of aryl methyl sites for hydroxylation is 1. The van der Waals surface area contributed by atoms with Crippen molar-refractivity contribution in [2.75, 3.05) is 20.2 Å². The van der Waals surface area contributed by atoms with Crippen LogP contribution >= 0.6 is 0 Å². The first kappa shape index (κ1) is 20.2. The van der Waals surface area contributed by atoms with Crippen molar-refractivity contribution in [1.82, 2.24) is 4.90 Å². The molecule has 0 bridgehead atoms. The van der Waals surface area contributed by atoms with Crippen LogP contribution in [0.3, 0.4) is 0 Å². The number of rotatable bonds is 5. The lowest BCUT2D eigenvalue weighted by Crippen LogP contribution is -2.43. The van der Waals surface area contributed by atoms with E-state index in [1.54, 1.807) is 7.11 Å². The number of nitriles is 1. The van der Waals surface area contributed by atoms with Gasteiger partial charge in [0.25, 0.3) is 0 Å². The Balaban J connectivity index is 1.58. The zero-order valence-corrected chi connectivity index (χ0v) is 17.8. The van der Waals surface area contributed by atoms with Gasteiger partial charge in [0.05, 0.1) is 18.7 Å². The van der Waals surface area contributed by atoms with E-state index in [2.05, 4.69) is 78.6 Å². The van der Waals surface area contributed by atoms with Crippen molar-refractivity contribution in [3.05, 3.63) is 101 Å². The van der Waals surface area contributed by atoms with Gasteiger partial charge in [-0.15, -0.1) is 0 Å². The van der Waals surface area contributed by atoms with Gasteiger partial charge in [0.2, 0.25) is 0 Å². The Morgan fingerprint density at radius 1 is 0.933 bits per heavy atom. The Morgan fingerprint density at radius 3 is 2.23 bits per heavy atom. The Bertz CT molecular complexity index is 1020. The number of ether oxygens (including phenoxy) is 1. The summed E-state index contributed by atoms with van der Waals surface area (Å²) in [5.74, 6) is 0.899. The molecule has 0 radical (unpaired) electrons. The summed E-state index contributed by atoms with van der Waals surface area (Å²) in [6, 6.07) is 27.8. The van der Waals surface area contributed by atoms with Crippen molar-refractivity contribution in [3.8, 4) is 11.8 Å². The van der Waals surface area contributed by atoms with E-state index in [-0.39, 0.29) is 5.41 Å². The highest BCUT2D eigenvalue weighted by Crippen LogP contribution is 2.42. The minimum absolute atomic E-state index is 0.0272. The summed E-state index contributed by atoms with van der Waals surface area (Å²) in [4.78, 5) is 2.53. The van der Waals surface area contributed by atoms with Crippen LogP contribution in [0.4, 0.5) is 0 Å². The van der Waals surface area contributed by atoms with Crippen molar-refractivity contribution >= 4 is 0 Å². The molecule has 1 aliphatic heterocycles. The fourth-order valence-electron chi connectivity index (χ4n) is 4.63. The van der Waals surface area contributed by atoms with E-state index >= 15 is 0 Å².